The Morgan fingerprint density at radius 2 is 0.911 bits per heavy atom. The number of nitrogens with zero attached hydrogens (tertiary/aromatic N) is 2. The molecule has 2 aliphatic heterocycles. The van der Waals surface area contributed by atoms with Crippen LogP contribution in [0.4, 0.5) is 11.4 Å². The second-order valence-corrected chi connectivity index (χ2v) is 14.5. The van der Waals surface area contributed by atoms with Crippen molar-refractivity contribution in [3.8, 4) is 23.0 Å². The van der Waals surface area contributed by atoms with Crippen molar-refractivity contribution in [3.05, 3.63) is 142 Å². The molecule has 0 saturated heterocycles. The van der Waals surface area contributed by atoms with Gasteiger partial charge in [0.1, 0.15) is 0 Å². The minimum atomic E-state index is -0.246. The fourth-order valence-electron chi connectivity index (χ4n) is 8.06. The zero-order valence-electron chi connectivity index (χ0n) is 33.0. The molecule has 2 N–H and O–H groups in total. The first kappa shape index (κ1) is 38.4. The topological polar surface area (TPSA) is 102 Å². The van der Waals surface area contributed by atoms with Gasteiger partial charge in [0.15, 0.2) is 23.0 Å². The van der Waals surface area contributed by atoms with Crippen LogP contribution in [0.3, 0.4) is 0 Å². The number of nitrogens with one attached hydrogen (secondary N) is 2. The number of carbonyl (C=O) groups excluding carboxylic acids is 2. The van der Waals surface area contributed by atoms with Crippen LogP contribution in [0.5, 0.6) is 23.0 Å². The first-order valence-corrected chi connectivity index (χ1v) is 19.0. The number of ether oxygens (including phenoxy) is 4. The minimum absolute atomic E-state index is 0.0894. The Kier molecular flexibility index (Phi) is 11.6. The molecule has 2 atom stereocenters. The Bertz CT molecular complexity index is 2060. The van der Waals surface area contributed by atoms with Crippen LogP contribution >= 0.6 is 0 Å². The van der Waals surface area contributed by atoms with E-state index in [2.05, 4.69) is 70.9 Å². The summed E-state index contributed by atoms with van der Waals surface area (Å²) in [6.45, 7) is 1.82. The van der Waals surface area contributed by atoms with Gasteiger partial charge in [0.2, 0.25) is 0 Å². The third-order valence-corrected chi connectivity index (χ3v) is 11.3. The molecule has 2 heterocycles. The average molecular weight is 755 g/mol. The van der Waals surface area contributed by atoms with Crippen molar-refractivity contribution < 1.29 is 28.5 Å². The summed E-state index contributed by atoms with van der Waals surface area (Å²) in [4.78, 5) is 31.9. The van der Waals surface area contributed by atoms with Crippen LogP contribution in [0, 0.1) is 0 Å². The fourth-order valence-corrected chi connectivity index (χ4v) is 8.06. The van der Waals surface area contributed by atoms with Gasteiger partial charge in [-0.1, -0.05) is 36.4 Å². The molecule has 290 valence electrons. The van der Waals surface area contributed by atoms with Gasteiger partial charge in [0.25, 0.3) is 11.8 Å². The predicted molar refractivity (Wildman–Crippen MR) is 220 cm³/mol. The number of rotatable bonds is 12. The van der Waals surface area contributed by atoms with Gasteiger partial charge >= 0.3 is 0 Å². The number of benzene rings is 5. The Labute approximate surface area is 329 Å². The van der Waals surface area contributed by atoms with Gasteiger partial charge in [-0.2, -0.15) is 0 Å². The Morgan fingerprint density at radius 3 is 1.29 bits per heavy atom. The van der Waals surface area contributed by atoms with Crippen molar-refractivity contribution in [3.63, 3.8) is 0 Å². The summed E-state index contributed by atoms with van der Waals surface area (Å²) >= 11 is 0. The third-order valence-electron chi connectivity index (χ3n) is 11.3. The first-order chi connectivity index (χ1) is 27.2. The maximum Gasteiger partial charge on any atom is 0.255 e. The maximum atomic E-state index is 13.6. The number of hydrogen-bond acceptors (Lipinski definition) is 8. The molecular formula is C46H50N4O6. The number of likely N-dealkylation sites (N-methyl/N-ethyl adjacent to an activating group) is 2. The molecule has 0 fully saturated rings. The molecule has 2 aliphatic rings. The van der Waals surface area contributed by atoms with Crippen molar-refractivity contribution in [1.82, 2.24) is 9.80 Å². The van der Waals surface area contributed by atoms with E-state index in [-0.39, 0.29) is 23.9 Å². The van der Waals surface area contributed by atoms with E-state index < -0.39 is 0 Å². The summed E-state index contributed by atoms with van der Waals surface area (Å²) in [6, 6.07) is 31.1. The van der Waals surface area contributed by atoms with Crippen molar-refractivity contribution in [2.24, 2.45) is 0 Å². The first-order valence-electron chi connectivity index (χ1n) is 19.0. The van der Waals surface area contributed by atoms with Crippen molar-refractivity contribution >= 4 is 23.2 Å². The molecule has 10 heteroatoms. The minimum Gasteiger partial charge on any atom is -0.493 e. The molecule has 5 aromatic carbocycles. The monoisotopic (exact) mass is 754 g/mol. The molecule has 0 aromatic heterocycles. The molecule has 10 nitrogen and oxygen atoms in total. The van der Waals surface area contributed by atoms with E-state index in [1.54, 1.807) is 52.7 Å². The molecule has 0 aliphatic carbocycles. The quantitative estimate of drug-likeness (QED) is 0.133. The van der Waals surface area contributed by atoms with E-state index in [1.165, 1.54) is 22.3 Å². The summed E-state index contributed by atoms with van der Waals surface area (Å²) in [5, 5.41) is 6.27. The number of hydrogen-bond donors (Lipinski definition) is 2. The molecule has 0 unspecified atom stereocenters. The SMILES string of the molecule is COc1cc2c(cc1OC)[C@@H](Cc1ccccc1NC(=O)c1ccc(C(=O)Nc3ccccc3C[C@@H]3c4cc(OC)c(OC)cc4CCN3C)cc1)N(C)CC2. The van der Waals surface area contributed by atoms with Crippen LogP contribution in [0.25, 0.3) is 0 Å². The average Bonchev–Trinajstić information content (AvgIpc) is 3.23. The molecular weight excluding hydrogens is 705 g/mol. The van der Waals surface area contributed by atoms with Gasteiger partial charge in [-0.15, -0.1) is 0 Å². The number of anilines is 2. The lowest BCUT2D eigenvalue weighted by molar-refractivity contribution is 0.101. The summed E-state index contributed by atoms with van der Waals surface area (Å²) in [5.74, 6) is 2.38. The summed E-state index contributed by atoms with van der Waals surface area (Å²) in [6.07, 6.45) is 3.23. The highest BCUT2D eigenvalue weighted by molar-refractivity contribution is 6.07. The molecule has 2 amide bonds. The van der Waals surface area contributed by atoms with Crippen LogP contribution in [-0.4, -0.2) is 77.2 Å². The van der Waals surface area contributed by atoms with Gasteiger partial charge in [-0.25, -0.2) is 0 Å². The molecule has 0 saturated carbocycles. The van der Waals surface area contributed by atoms with Gasteiger partial charge < -0.3 is 29.6 Å². The van der Waals surface area contributed by atoms with Crippen molar-refractivity contribution in [2.75, 3.05) is 66.3 Å². The smallest absolute Gasteiger partial charge is 0.255 e. The highest BCUT2D eigenvalue weighted by Crippen LogP contribution is 2.41. The largest absolute Gasteiger partial charge is 0.493 e. The number of methoxy groups -OCH3 is 4. The van der Waals surface area contributed by atoms with E-state index in [1.807, 2.05) is 36.4 Å². The number of carbonyl (C=O) groups is 2. The van der Waals surface area contributed by atoms with Crippen LogP contribution in [0.15, 0.2) is 97.1 Å². The molecule has 0 bridgehead atoms. The Balaban J connectivity index is 1.04. The summed E-state index contributed by atoms with van der Waals surface area (Å²) < 4.78 is 22.4. The van der Waals surface area contributed by atoms with E-state index >= 15 is 0 Å². The molecule has 7 rings (SSSR count). The highest BCUT2D eigenvalue weighted by Gasteiger charge is 2.29. The molecule has 0 radical (unpaired) electrons. The highest BCUT2D eigenvalue weighted by atomic mass is 16.5. The summed E-state index contributed by atoms with van der Waals surface area (Å²) in [7, 11) is 10.9. The van der Waals surface area contributed by atoms with E-state index in [0.29, 0.717) is 35.5 Å². The Hall–Kier alpha value is -5.84. The van der Waals surface area contributed by atoms with Gasteiger partial charge in [-0.05, 0) is 134 Å². The van der Waals surface area contributed by atoms with Crippen molar-refractivity contribution in [2.45, 2.75) is 37.8 Å². The Morgan fingerprint density at radius 1 is 0.554 bits per heavy atom. The van der Waals surface area contributed by atoms with Gasteiger partial charge in [0.05, 0.1) is 28.4 Å². The van der Waals surface area contributed by atoms with Crippen LogP contribution in [0.1, 0.15) is 66.2 Å². The number of amides is 2. The second-order valence-electron chi connectivity index (χ2n) is 14.5. The van der Waals surface area contributed by atoms with E-state index in [9.17, 15) is 9.59 Å². The van der Waals surface area contributed by atoms with Crippen molar-refractivity contribution in [1.29, 1.82) is 0 Å². The standard InChI is InChI=1S/C46H50N4O6/c1-49-21-19-31-25-41(53-3)43(55-5)27-35(31)39(49)23-33-11-7-9-13-37(33)47-45(51)29-15-17-30(18-16-29)46(52)48-38-14-10-8-12-34(38)24-40-36-28-44(56-6)42(54-4)26-32(36)20-22-50(40)2/h7-18,25-28,39-40H,19-24H2,1-6H3,(H,47,51)(H,48,52)/t39-,40-/m1/s1. The number of para-hydroxylation sites is 2. The van der Waals surface area contributed by atoms with E-state index in [0.717, 1.165) is 59.9 Å². The van der Waals surface area contributed by atoms with Gasteiger partial charge in [-0.3, -0.25) is 19.4 Å². The van der Waals surface area contributed by atoms with Crippen LogP contribution < -0.4 is 29.6 Å². The second kappa shape index (κ2) is 16.9. The zero-order valence-corrected chi connectivity index (χ0v) is 33.0. The third kappa shape index (κ3) is 7.94. The molecule has 5 aromatic rings. The molecule has 0 spiro atoms. The predicted octanol–water partition coefficient (Wildman–Crippen LogP) is 7.77. The lowest BCUT2D eigenvalue weighted by Gasteiger charge is -2.35. The zero-order chi connectivity index (χ0) is 39.3. The normalized spacial score (nSPS) is 16.6. The van der Waals surface area contributed by atoms with Crippen LogP contribution in [-0.2, 0) is 25.7 Å². The summed E-state index contributed by atoms with van der Waals surface area (Å²) in [5.41, 5.74) is 9.34. The fraction of sp³-hybridized carbons (Fsp3) is 0.304. The number of fused-ring (bicyclic) bond motifs is 2. The lowest BCUT2D eigenvalue weighted by Crippen LogP contribution is -2.33. The maximum absolute atomic E-state index is 13.6. The van der Waals surface area contributed by atoms with Crippen LogP contribution in [0.2, 0.25) is 0 Å². The lowest BCUT2D eigenvalue weighted by atomic mass is 9.88. The van der Waals surface area contributed by atoms with Gasteiger partial charge in [0, 0.05) is 47.7 Å². The van der Waals surface area contributed by atoms with E-state index in [4.69, 9.17) is 18.9 Å². The molecule has 56 heavy (non-hydrogen) atoms.